The summed E-state index contributed by atoms with van der Waals surface area (Å²) in [6.45, 7) is 5.37. The lowest BCUT2D eigenvalue weighted by atomic mass is 9.96. The molecule has 1 aliphatic heterocycles. The second-order valence-electron chi connectivity index (χ2n) is 6.64. The maximum atomic E-state index is 5.49. The number of benzene rings is 1. The summed E-state index contributed by atoms with van der Waals surface area (Å²) in [5.74, 6) is 2.08. The molecule has 4 nitrogen and oxygen atoms in total. The zero-order valence-electron chi connectivity index (χ0n) is 11.9. The predicted octanol–water partition coefficient (Wildman–Crippen LogP) is 2.97. The van der Waals surface area contributed by atoms with Crippen LogP contribution in [-0.4, -0.2) is 10.1 Å². The SMILES string of the molecule is CC1(C)CC1c1noc(C2Cc3ccccc3CN2)n1. The molecule has 1 aromatic carbocycles. The number of fused-ring (bicyclic) bond motifs is 1. The first kappa shape index (κ1) is 12.1. The van der Waals surface area contributed by atoms with Gasteiger partial charge in [0.25, 0.3) is 0 Å². The molecule has 1 aromatic heterocycles. The molecule has 104 valence electrons. The molecule has 1 aliphatic carbocycles. The Balaban J connectivity index is 1.55. The van der Waals surface area contributed by atoms with Crippen molar-refractivity contribution in [2.24, 2.45) is 5.41 Å². The Morgan fingerprint density at radius 1 is 1.25 bits per heavy atom. The Morgan fingerprint density at radius 2 is 2.00 bits per heavy atom. The van der Waals surface area contributed by atoms with E-state index in [0.29, 0.717) is 11.3 Å². The van der Waals surface area contributed by atoms with Crippen LogP contribution < -0.4 is 5.32 Å². The fraction of sp³-hybridized carbons (Fsp3) is 0.500. The number of hydrogen-bond donors (Lipinski definition) is 1. The molecule has 0 bridgehead atoms. The minimum Gasteiger partial charge on any atom is -0.338 e. The van der Waals surface area contributed by atoms with E-state index < -0.39 is 0 Å². The highest BCUT2D eigenvalue weighted by molar-refractivity contribution is 5.30. The van der Waals surface area contributed by atoms with E-state index in [0.717, 1.165) is 31.1 Å². The number of nitrogens with one attached hydrogen (secondary N) is 1. The number of nitrogens with zero attached hydrogens (tertiary/aromatic N) is 2. The fourth-order valence-electron chi connectivity index (χ4n) is 3.07. The molecule has 0 spiro atoms. The van der Waals surface area contributed by atoms with Crippen molar-refractivity contribution in [3.05, 3.63) is 47.1 Å². The summed E-state index contributed by atoms with van der Waals surface area (Å²) in [5, 5.41) is 7.67. The average molecular weight is 269 g/mol. The molecule has 0 saturated heterocycles. The van der Waals surface area contributed by atoms with Gasteiger partial charge in [-0.3, -0.25) is 0 Å². The molecule has 20 heavy (non-hydrogen) atoms. The smallest absolute Gasteiger partial charge is 0.244 e. The van der Waals surface area contributed by atoms with Crippen LogP contribution in [0.5, 0.6) is 0 Å². The largest absolute Gasteiger partial charge is 0.338 e. The van der Waals surface area contributed by atoms with E-state index in [-0.39, 0.29) is 6.04 Å². The van der Waals surface area contributed by atoms with Crippen molar-refractivity contribution in [1.29, 1.82) is 0 Å². The fourth-order valence-corrected chi connectivity index (χ4v) is 3.07. The van der Waals surface area contributed by atoms with Crippen LogP contribution in [0.4, 0.5) is 0 Å². The van der Waals surface area contributed by atoms with Gasteiger partial charge >= 0.3 is 0 Å². The summed E-state index contributed by atoms with van der Waals surface area (Å²) in [6.07, 6.45) is 2.08. The minimum atomic E-state index is 0.146. The Labute approximate surface area is 118 Å². The van der Waals surface area contributed by atoms with Crippen LogP contribution in [0.2, 0.25) is 0 Å². The Hall–Kier alpha value is -1.68. The lowest BCUT2D eigenvalue weighted by Crippen LogP contribution is -2.28. The molecule has 4 heteroatoms. The van der Waals surface area contributed by atoms with Crippen molar-refractivity contribution in [3.8, 4) is 0 Å². The van der Waals surface area contributed by atoms with Gasteiger partial charge in [-0.2, -0.15) is 4.98 Å². The van der Waals surface area contributed by atoms with E-state index in [2.05, 4.69) is 53.6 Å². The van der Waals surface area contributed by atoms with E-state index in [4.69, 9.17) is 4.52 Å². The minimum absolute atomic E-state index is 0.146. The van der Waals surface area contributed by atoms with Crippen LogP contribution in [0, 0.1) is 5.41 Å². The second kappa shape index (κ2) is 4.16. The van der Waals surface area contributed by atoms with Gasteiger partial charge in [-0.25, -0.2) is 0 Å². The van der Waals surface area contributed by atoms with Gasteiger partial charge in [-0.05, 0) is 29.4 Å². The Bertz CT molecular complexity index is 647. The molecule has 1 fully saturated rings. The van der Waals surface area contributed by atoms with Crippen LogP contribution in [0.15, 0.2) is 28.8 Å². The highest BCUT2D eigenvalue weighted by Gasteiger charge is 2.49. The van der Waals surface area contributed by atoms with E-state index in [1.165, 1.54) is 11.1 Å². The first-order valence-electron chi connectivity index (χ1n) is 7.27. The first-order valence-corrected chi connectivity index (χ1v) is 7.27. The third-order valence-corrected chi connectivity index (χ3v) is 4.66. The molecule has 2 unspecified atom stereocenters. The topological polar surface area (TPSA) is 51.0 Å². The van der Waals surface area contributed by atoms with Crippen molar-refractivity contribution in [3.63, 3.8) is 0 Å². The molecule has 2 heterocycles. The summed E-state index contributed by atoms with van der Waals surface area (Å²) < 4.78 is 5.49. The zero-order valence-corrected chi connectivity index (χ0v) is 11.9. The van der Waals surface area contributed by atoms with Gasteiger partial charge in [0.1, 0.15) is 0 Å². The molecule has 1 N–H and O–H groups in total. The summed E-state index contributed by atoms with van der Waals surface area (Å²) in [4.78, 5) is 4.62. The van der Waals surface area contributed by atoms with Crippen LogP contribution >= 0.6 is 0 Å². The van der Waals surface area contributed by atoms with Crippen molar-refractivity contribution >= 4 is 0 Å². The molecular weight excluding hydrogens is 250 g/mol. The predicted molar refractivity (Wildman–Crippen MR) is 75.2 cm³/mol. The number of hydrogen-bond acceptors (Lipinski definition) is 4. The van der Waals surface area contributed by atoms with Gasteiger partial charge in [-0.1, -0.05) is 43.3 Å². The zero-order chi connectivity index (χ0) is 13.7. The maximum absolute atomic E-state index is 5.49. The average Bonchev–Trinajstić information content (AvgIpc) is 2.90. The van der Waals surface area contributed by atoms with Crippen molar-refractivity contribution < 1.29 is 4.52 Å². The second-order valence-corrected chi connectivity index (χ2v) is 6.64. The lowest BCUT2D eigenvalue weighted by Gasteiger charge is -2.23. The highest BCUT2D eigenvalue weighted by Crippen LogP contribution is 2.57. The van der Waals surface area contributed by atoms with Gasteiger partial charge in [0.15, 0.2) is 5.82 Å². The maximum Gasteiger partial charge on any atom is 0.244 e. The standard InChI is InChI=1S/C16H19N3O/c1-16(2)8-12(16)14-18-15(20-19-14)13-7-10-5-3-4-6-11(10)9-17-13/h3-6,12-13,17H,7-9H2,1-2H3. The third-order valence-electron chi connectivity index (χ3n) is 4.66. The summed E-state index contributed by atoms with van der Waals surface area (Å²) in [5.41, 5.74) is 3.09. The normalized spacial score (nSPS) is 27.1. The van der Waals surface area contributed by atoms with Gasteiger partial charge in [-0.15, -0.1) is 0 Å². The number of rotatable bonds is 2. The molecule has 2 atom stereocenters. The van der Waals surface area contributed by atoms with Gasteiger partial charge in [0, 0.05) is 12.5 Å². The monoisotopic (exact) mass is 269 g/mol. The van der Waals surface area contributed by atoms with Crippen molar-refractivity contribution in [1.82, 2.24) is 15.5 Å². The molecule has 2 aliphatic rings. The molecule has 0 radical (unpaired) electrons. The molecule has 0 amide bonds. The van der Waals surface area contributed by atoms with Crippen LogP contribution in [0.1, 0.15) is 55.1 Å². The van der Waals surface area contributed by atoms with E-state index in [1.54, 1.807) is 0 Å². The molecular formula is C16H19N3O. The summed E-state index contributed by atoms with van der Waals surface area (Å²) in [6, 6.07) is 8.68. The van der Waals surface area contributed by atoms with Gasteiger partial charge in [0.2, 0.25) is 5.89 Å². The molecule has 1 saturated carbocycles. The van der Waals surface area contributed by atoms with Crippen molar-refractivity contribution in [2.75, 3.05) is 0 Å². The quantitative estimate of drug-likeness (QED) is 0.910. The van der Waals surface area contributed by atoms with Gasteiger partial charge < -0.3 is 9.84 Å². The Kier molecular flexibility index (Phi) is 2.51. The first-order chi connectivity index (χ1) is 9.63. The van der Waals surface area contributed by atoms with Crippen LogP contribution in [-0.2, 0) is 13.0 Å². The summed E-state index contributed by atoms with van der Waals surface area (Å²) >= 11 is 0. The Morgan fingerprint density at radius 3 is 2.75 bits per heavy atom. The lowest BCUT2D eigenvalue weighted by molar-refractivity contribution is 0.318. The highest BCUT2D eigenvalue weighted by atomic mass is 16.5. The number of aromatic nitrogens is 2. The van der Waals surface area contributed by atoms with E-state index in [1.807, 2.05) is 0 Å². The summed E-state index contributed by atoms with van der Waals surface area (Å²) in [7, 11) is 0. The van der Waals surface area contributed by atoms with Crippen molar-refractivity contribution in [2.45, 2.75) is 45.2 Å². The van der Waals surface area contributed by atoms with Crippen LogP contribution in [0.3, 0.4) is 0 Å². The van der Waals surface area contributed by atoms with Gasteiger partial charge in [0.05, 0.1) is 6.04 Å². The van der Waals surface area contributed by atoms with E-state index in [9.17, 15) is 0 Å². The molecule has 2 aromatic rings. The third kappa shape index (κ3) is 1.95. The molecule has 4 rings (SSSR count). The van der Waals surface area contributed by atoms with Crippen LogP contribution in [0.25, 0.3) is 0 Å². The van der Waals surface area contributed by atoms with E-state index >= 15 is 0 Å².